The van der Waals surface area contributed by atoms with Gasteiger partial charge in [0.2, 0.25) is 5.89 Å². The minimum atomic E-state index is -1.36. The molecule has 8 heteroatoms. The van der Waals surface area contributed by atoms with Gasteiger partial charge in [-0.05, 0) is 47.5 Å². The van der Waals surface area contributed by atoms with Crippen LogP contribution in [0.4, 0.5) is 4.39 Å². The molecule has 0 saturated carbocycles. The molecule has 1 atom stereocenters. The second kappa shape index (κ2) is 7.96. The average Bonchev–Trinajstić information content (AvgIpc) is 3.49. The summed E-state index contributed by atoms with van der Waals surface area (Å²) < 4.78 is 22.0. The third-order valence-corrected chi connectivity index (χ3v) is 5.78. The summed E-state index contributed by atoms with van der Waals surface area (Å²) in [6.07, 6.45) is 3.25. The SMILES string of the molecule is Cn1cncc1[C@](N)(c1ccc(C#N)cc1)c1nc2cc(C#N)cc(-c3cccc(F)c3)c2o1. The number of oxazole rings is 1. The van der Waals surface area contributed by atoms with Crippen molar-refractivity contribution in [1.29, 1.82) is 10.5 Å². The molecule has 0 amide bonds. The van der Waals surface area contributed by atoms with E-state index in [0.717, 1.165) is 0 Å². The number of hydrogen-bond donors (Lipinski definition) is 1. The molecule has 0 unspecified atom stereocenters. The number of fused-ring (bicyclic) bond motifs is 1. The highest BCUT2D eigenvalue weighted by atomic mass is 19.1. The van der Waals surface area contributed by atoms with Crippen molar-refractivity contribution in [3.8, 4) is 23.3 Å². The van der Waals surface area contributed by atoms with Crippen molar-refractivity contribution in [2.45, 2.75) is 5.54 Å². The molecule has 0 aliphatic heterocycles. The van der Waals surface area contributed by atoms with Gasteiger partial charge in [0.15, 0.2) is 11.1 Å². The van der Waals surface area contributed by atoms with Crippen molar-refractivity contribution >= 4 is 11.1 Å². The van der Waals surface area contributed by atoms with E-state index in [4.69, 9.17) is 10.2 Å². The molecule has 2 N–H and O–H groups in total. The summed E-state index contributed by atoms with van der Waals surface area (Å²) in [5.41, 5.74) is 9.62. The van der Waals surface area contributed by atoms with Crippen LogP contribution in [-0.4, -0.2) is 14.5 Å². The van der Waals surface area contributed by atoms with Gasteiger partial charge in [0.05, 0.1) is 41.5 Å². The molecule has 2 aromatic heterocycles. The largest absolute Gasteiger partial charge is 0.437 e. The fourth-order valence-corrected chi connectivity index (χ4v) is 4.06. The van der Waals surface area contributed by atoms with Crippen molar-refractivity contribution in [3.05, 3.63) is 107 Å². The van der Waals surface area contributed by atoms with Crippen LogP contribution in [-0.2, 0) is 12.6 Å². The van der Waals surface area contributed by atoms with E-state index >= 15 is 0 Å². The first kappa shape index (κ1) is 21.1. The molecule has 164 valence electrons. The Balaban J connectivity index is 1.80. The van der Waals surface area contributed by atoms with Crippen molar-refractivity contribution in [2.24, 2.45) is 12.8 Å². The molecule has 2 heterocycles. The summed E-state index contributed by atoms with van der Waals surface area (Å²) in [6.45, 7) is 0. The topological polar surface area (TPSA) is 117 Å². The Morgan fingerprint density at radius 2 is 1.79 bits per heavy atom. The van der Waals surface area contributed by atoms with Gasteiger partial charge in [-0.1, -0.05) is 24.3 Å². The van der Waals surface area contributed by atoms with Crippen LogP contribution in [0.1, 0.15) is 28.3 Å². The van der Waals surface area contributed by atoms with Gasteiger partial charge < -0.3 is 14.7 Å². The molecule has 7 nitrogen and oxygen atoms in total. The second-order valence-electron chi connectivity index (χ2n) is 7.90. The average molecular weight is 448 g/mol. The predicted molar refractivity (Wildman–Crippen MR) is 123 cm³/mol. The highest BCUT2D eigenvalue weighted by molar-refractivity contribution is 5.92. The van der Waals surface area contributed by atoms with Crippen LogP contribution in [0.25, 0.3) is 22.2 Å². The third-order valence-electron chi connectivity index (χ3n) is 5.78. The lowest BCUT2D eigenvalue weighted by atomic mass is 9.87. The van der Waals surface area contributed by atoms with Gasteiger partial charge in [0, 0.05) is 12.6 Å². The van der Waals surface area contributed by atoms with Crippen LogP contribution in [0.5, 0.6) is 0 Å². The van der Waals surface area contributed by atoms with Crippen LogP contribution in [0.2, 0.25) is 0 Å². The van der Waals surface area contributed by atoms with E-state index in [0.29, 0.717) is 44.6 Å². The highest BCUT2D eigenvalue weighted by Crippen LogP contribution is 2.38. The summed E-state index contributed by atoms with van der Waals surface area (Å²) in [6, 6.07) is 20.3. The monoisotopic (exact) mass is 448 g/mol. The zero-order valence-corrected chi connectivity index (χ0v) is 18.0. The molecular weight excluding hydrogens is 431 g/mol. The summed E-state index contributed by atoms with van der Waals surface area (Å²) >= 11 is 0. The number of rotatable bonds is 4. The zero-order chi connectivity index (χ0) is 23.9. The molecule has 0 fully saturated rings. The zero-order valence-electron chi connectivity index (χ0n) is 18.0. The molecular formula is C26H17FN6O. The molecule has 0 aliphatic carbocycles. The lowest BCUT2D eigenvalue weighted by Gasteiger charge is -2.27. The van der Waals surface area contributed by atoms with E-state index in [9.17, 15) is 14.9 Å². The lowest BCUT2D eigenvalue weighted by Crippen LogP contribution is -2.41. The van der Waals surface area contributed by atoms with Gasteiger partial charge in [0.1, 0.15) is 11.3 Å². The minimum Gasteiger partial charge on any atom is -0.437 e. The Morgan fingerprint density at radius 1 is 1.03 bits per heavy atom. The summed E-state index contributed by atoms with van der Waals surface area (Å²) in [7, 11) is 1.81. The minimum absolute atomic E-state index is 0.170. The highest BCUT2D eigenvalue weighted by Gasteiger charge is 2.40. The van der Waals surface area contributed by atoms with Gasteiger partial charge in [-0.25, -0.2) is 14.4 Å². The number of nitrogens with two attached hydrogens (primary N) is 1. The molecule has 5 aromatic rings. The lowest BCUT2D eigenvalue weighted by molar-refractivity contribution is 0.426. The number of halogens is 1. The predicted octanol–water partition coefficient (Wildman–Crippen LogP) is 4.36. The maximum absolute atomic E-state index is 14.0. The fraction of sp³-hybridized carbons (Fsp3) is 0.0769. The normalized spacial score (nSPS) is 12.7. The molecule has 34 heavy (non-hydrogen) atoms. The molecule has 0 radical (unpaired) electrons. The van der Waals surface area contributed by atoms with E-state index in [-0.39, 0.29) is 5.89 Å². The van der Waals surface area contributed by atoms with Crippen LogP contribution in [0.15, 0.2) is 77.6 Å². The van der Waals surface area contributed by atoms with Crippen molar-refractivity contribution in [1.82, 2.24) is 14.5 Å². The number of aryl methyl sites for hydroxylation is 1. The first-order valence-electron chi connectivity index (χ1n) is 10.3. The summed E-state index contributed by atoms with van der Waals surface area (Å²) in [4.78, 5) is 8.88. The van der Waals surface area contributed by atoms with Crippen molar-refractivity contribution in [3.63, 3.8) is 0 Å². The van der Waals surface area contributed by atoms with Crippen LogP contribution in [0, 0.1) is 28.5 Å². The van der Waals surface area contributed by atoms with Crippen LogP contribution < -0.4 is 5.73 Å². The molecule has 0 saturated heterocycles. The number of nitriles is 2. The number of imidazole rings is 1. The Hall–Kier alpha value is -4.79. The Morgan fingerprint density at radius 3 is 2.44 bits per heavy atom. The van der Waals surface area contributed by atoms with Crippen molar-refractivity contribution < 1.29 is 8.81 Å². The quantitative estimate of drug-likeness (QED) is 0.436. The van der Waals surface area contributed by atoms with Gasteiger partial charge in [-0.15, -0.1) is 0 Å². The second-order valence-corrected chi connectivity index (χ2v) is 7.90. The molecule has 0 bridgehead atoms. The maximum atomic E-state index is 14.0. The van der Waals surface area contributed by atoms with E-state index in [2.05, 4.69) is 22.1 Å². The fourth-order valence-electron chi connectivity index (χ4n) is 4.06. The molecule has 0 aliphatic rings. The number of benzene rings is 3. The third kappa shape index (κ3) is 3.30. The van der Waals surface area contributed by atoms with E-state index in [1.165, 1.54) is 12.1 Å². The first-order chi connectivity index (χ1) is 16.4. The number of nitrogens with zero attached hydrogens (tertiary/aromatic N) is 5. The van der Waals surface area contributed by atoms with Gasteiger partial charge >= 0.3 is 0 Å². The van der Waals surface area contributed by atoms with Crippen LogP contribution in [0.3, 0.4) is 0 Å². The van der Waals surface area contributed by atoms with E-state index in [1.54, 1.807) is 65.6 Å². The number of aromatic nitrogens is 3. The van der Waals surface area contributed by atoms with Gasteiger partial charge in [-0.3, -0.25) is 0 Å². The molecule has 5 rings (SSSR count). The summed E-state index contributed by atoms with van der Waals surface area (Å²) in [5, 5.41) is 18.8. The Labute approximate surface area is 194 Å². The van der Waals surface area contributed by atoms with Gasteiger partial charge in [-0.2, -0.15) is 10.5 Å². The van der Waals surface area contributed by atoms with Crippen LogP contribution >= 0.6 is 0 Å². The van der Waals surface area contributed by atoms with Gasteiger partial charge in [0.25, 0.3) is 0 Å². The maximum Gasteiger partial charge on any atom is 0.226 e. The smallest absolute Gasteiger partial charge is 0.226 e. The van der Waals surface area contributed by atoms with Crippen molar-refractivity contribution in [2.75, 3.05) is 0 Å². The van der Waals surface area contributed by atoms with E-state index < -0.39 is 11.4 Å². The Bertz CT molecular complexity index is 1620. The van der Waals surface area contributed by atoms with E-state index in [1.807, 2.05) is 7.05 Å². The first-order valence-corrected chi connectivity index (χ1v) is 10.3. The summed E-state index contributed by atoms with van der Waals surface area (Å²) in [5.74, 6) is -0.239. The number of hydrogen-bond acceptors (Lipinski definition) is 6. The molecule has 3 aromatic carbocycles. The Kier molecular flexibility index (Phi) is 4.94. The standard InChI is InChI=1S/C26H17FN6O/c1-33-15-31-14-23(33)26(30,19-7-5-16(12-28)6-8-19)25-32-22-10-17(13-29)9-21(24(22)34-25)18-3-2-4-20(27)11-18/h2-11,14-15H,30H2,1H3/t26-/m1/s1. The molecule has 0 spiro atoms.